The molecule has 0 bridgehead atoms. The summed E-state index contributed by atoms with van der Waals surface area (Å²) in [7, 11) is 0. The molecule has 0 saturated carbocycles. The zero-order chi connectivity index (χ0) is 13.5. The summed E-state index contributed by atoms with van der Waals surface area (Å²) in [4.78, 5) is 0. The van der Waals surface area contributed by atoms with Crippen molar-refractivity contribution in [2.45, 2.75) is 58.5 Å². The van der Waals surface area contributed by atoms with Crippen LogP contribution in [-0.2, 0) is 12.8 Å². The van der Waals surface area contributed by atoms with Crippen LogP contribution in [0.5, 0.6) is 5.75 Å². The second-order valence-corrected chi connectivity index (χ2v) is 5.56. The Hall–Kier alpha value is -1.02. The molecule has 1 atom stereocenters. The molecule has 2 rings (SSSR count). The Morgan fingerprint density at radius 1 is 1.21 bits per heavy atom. The van der Waals surface area contributed by atoms with Gasteiger partial charge in [-0.25, -0.2) is 0 Å². The predicted molar refractivity (Wildman–Crippen MR) is 81.0 cm³/mol. The highest BCUT2D eigenvalue weighted by molar-refractivity contribution is 5.37. The first-order valence-electron chi connectivity index (χ1n) is 7.78. The van der Waals surface area contributed by atoms with Crippen LogP contribution in [0.3, 0.4) is 0 Å². The second-order valence-electron chi connectivity index (χ2n) is 5.56. The number of rotatable bonds is 7. The zero-order valence-electron chi connectivity index (χ0n) is 12.4. The van der Waals surface area contributed by atoms with Crippen LogP contribution in [0.2, 0.25) is 0 Å². The van der Waals surface area contributed by atoms with Gasteiger partial charge in [0.25, 0.3) is 0 Å². The molecule has 0 saturated heterocycles. The third-order valence-electron chi connectivity index (χ3n) is 3.87. The van der Waals surface area contributed by atoms with Crippen LogP contribution in [0.25, 0.3) is 0 Å². The summed E-state index contributed by atoms with van der Waals surface area (Å²) in [6, 6.07) is 6.66. The maximum absolute atomic E-state index is 6.03. The van der Waals surface area contributed by atoms with Crippen molar-refractivity contribution in [2.24, 2.45) is 0 Å². The molecule has 1 aliphatic rings. The molecule has 1 N–H and O–H groups in total. The summed E-state index contributed by atoms with van der Waals surface area (Å²) in [6.07, 6.45) is 7.74. The van der Waals surface area contributed by atoms with Gasteiger partial charge >= 0.3 is 0 Å². The minimum Gasteiger partial charge on any atom is -0.491 e. The minimum absolute atomic E-state index is 0.306. The lowest BCUT2D eigenvalue weighted by molar-refractivity contribution is 0.207. The van der Waals surface area contributed by atoms with Gasteiger partial charge in [0, 0.05) is 0 Å². The first kappa shape index (κ1) is 14.4. The molecule has 0 aromatic heterocycles. The number of nitrogens with one attached hydrogen (secondary N) is 1. The van der Waals surface area contributed by atoms with Crippen LogP contribution in [0.4, 0.5) is 0 Å². The number of benzene rings is 1. The quantitative estimate of drug-likeness (QED) is 0.755. The van der Waals surface area contributed by atoms with Crippen LogP contribution >= 0.6 is 0 Å². The first-order chi connectivity index (χ1) is 9.29. The van der Waals surface area contributed by atoms with E-state index in [1.807, 2.05) is 0 Å². The molecule has 2 heteroatoms. The lowest BCUT2D eigenvalue weighted by Gasteiger charge is -2.19. The van der Waals surface area contributed by atoms with Crippen LogP contribution in [0.1, 0.15) is 50.7 Å². The van der Waals surface area contributed by atoms with Crippen molar-refractivity contribution in [3.05, 3.63) is 29.3 Å². The average Bonchev–Trinajstić information content (AvgIpc) is 2.43. The van der Waals surface area contributed by atoms with Crippen molar-refractivity contribution >= 4 is 0 Å². The largest absolute Gasteiger partial charge is 0.491 e. The molecule has 1 aliphatic carbocycles. The first-order valence-corrected chi connectivity index (χ1v) is 7.78. The Labute approximate surface area is 117 Å². The van der Waals surface area contributed by atoms with E-state index in [9.17, 15) is 0 Å². The molecule has 19 heavy (non-hydrogen) atoms. The van der Waals surface area contributed by atoms with Crippen molar-refractivity contribution in [1.29, 1.82) is 0 Å². The van der Waals surface area contributed by atoms with E-state index in [1.165, 1.54) is 43.2 Å². The summed E-state index contributed by atoms with van der Waals surface area (Å²) >= 11 is 0. The molecule has 106 valence electrons. The topological polar surface area (TPSA) is 21.3 Å². The normalized spacial score (nSPS) is 15.9. The maximum atomic E-state index is 6.03. The van der Waals surface area contributed by atoms with E-state index in [1.54, 1.807) is 0 Å². The minimum atomic E-state index is 0.306. The molecular weight excluding hydrogens is 234 g/mol. The summed E-state index contributed by atoms with van der Waals surface area (Å²) in [5.74, 6) is 1.05. The number of hydrogen-bond donors (Lipinski definition) is 1. The molecule has 0 spiro atoms. The third-order valence-corrected chi connectivity index (χ3v) is 3.87. The van der Waals surface area contributed by atoms with Crippen LogP contribution in [-0.4, -0.2) is 19.2 Å². The highest BCUT2D eigenvalue weighted by Gasteiger charge is 2.11. The Balaban J connectivity index is 1.81. The summed E-state index contributed by atoms with van der Waals surface area (Å²) in [5.41, 5.74) is 3.03. The van der Waals surface area contributed by atoms with Gasteiger partial charge in [0.1, 0.15) is 5.75 Å². The van der Waals surface area contributed by atoms with E-state index >= 15 is 0 Å². The fourth-order valence-electron chi connectivity index (χ4n) is 2.77. The highest BCUT2D eigenvalue weighted by atomic mass is 16.5. The molecule has 0 aliphatic heterocycles. The van der Waals surface area contributed by atoms with Crippen molar-refractivity contribution in [3.8, 4) is 5.75 Å². The van der Waals surface area contributed by atoms with E-state index in [0.717, 1.165) is 25.3 Å². The Bertz CT molecular complexity index is 389. The molecule has 0 radical (unpaired) electrons. The number of aryl methyl sites for hydroxylation is 2. The fourth-order valence-corrected chi connectivity index (χ4v) is 2.77. The van der Waals surface area contributed by atoms with Crippen LogP contribution < -0.4 is 10.1 Å². The monoisotopic (exact) mass is 261 g/mol. The molecule has 0 heterocycles. The molecule has 2 nitrogen and oxygen atoms in total. The average molecular weight is 261 g/mol. The number of fused-ring (bicyclic) bond motifs is 1. The van der Waals surface area contributed by atoms with Gasteiger partial charge in [-0.2, -0.15) is 0 Å². The van der Waals surface area contributed by atoms with Crippen LogP contribution in [0, 0.1) is 0 Å². The zero-order valence-corrected chi connectivity index (χ0v) is 12.4. The van der Waals surface area contributed by atoms with Gasteiger partial charge in [0.15, 0.2) is 0 Å². The van der Waals surface area contributed by atoms with Gasteiger partial charge in [-0.3, -0.25) is 0 Å². The summed E-state index contributed by atoms with van der Waals surface area (Å²) < 4.78 is 6.03. The second kappa shape index (κ2) is 7.54. The smallest absolute Gasteiger partial charge is 0.119 e. The van der Waals surface area contributed by atoms with Gasteiger partial charge in [0.2, 0.25) is 0 Å². The fraction of sp³-hybridized carbons (Fsp3) is 0.647. The Morgan fingerprint density at radius 2 is 2.00 bits per heavy atom. The van der Waals surface area contributed by atoms with Gasteiger partial charge in [-0.05, 0) is 81.8 Å². The van der Waals surface area contributed by atoms with Crippen molar-refractivity contribution in [1.82, 2.24) is 5.32 Å². The van der Waals surface area contributed by atoms with Crippen LogP contribution in [0.15, 0.2) is 18.2 Å². The Morgan fingerprint density at radius 3 is 2.79 bits per heavy atom. The van der Waals surface area contributed by atoms with Crippen molar-refractivity contribution in [2.75, 3.05) is 13.1 Å². The van der Waals surface area contributed by atoms with Gasteiger partial charge in [-0.1, -0.05) is 13.0 Å². The van der Waals surface area contributed by atoms with E-state index in [-0.39, 0.29) is 0 Å². The van der Waals surface area contributed by atoms with Crippen molar-refractivity contribution < 1.29 is 4.74 Å². The molecule has 0 fully saturated rings. The predicted octanol–water partition coefficient (Wildman–Crippen LogP) is 3.72. The molecule has 1 aromatic rings. The van der Waals surface area contributed by atoms with E-state index < -0.39 is 0 Å². The molecular formula is C17H27NO. The molecule has 0 amide bonds. The number of ether oxygens (including phenoxy) is 1. The SMILES string of the molecule is CCNCCCC(C)Oc1ccc2c(c1)CCCC2. The number of hydrogen-bond acceptors (Lipinski definition) is 2. The van der Waals surface area contributed by atoms with E-state index in [4.69, 9.17) is 4.74 Å². The molecule has 1 aromatic carbocycles. The molecule has 1 unspecified atom stereocenters. The van der Waals surface area contributed by atoms with E-state index in [2.05, 4.69) is 37.4 Å². The van der Waals surface area contributed by atoms with Gasteiger partial charge in [-0.15, -0.1) is 0 Å². The van der Waals surface area contributed by atoms with Crippen molar-refractivity contribution in [3.63, 3.8) is 0 Å². The standard InChI is InChI=1S/C17H27NO/c1-3-18-12-6-7-14(2)19-17-11-10-15-8-4-5-9-16(15)13-17/h10-11,13-14,18H,3-9,12H2,1-2H3. The van der Waals surface area contributed by atoms with Gasteiger partial charge < -0.3 is 10.1 Å². The van der Waals surface area contributed by atoms with Gasteiger partial charge in [0.05, 0.1) is 6.10 Å². The highest BCUT2D eigenvalue weighted by Crippen LogP contribution is 2.26. The van der Waals surface area contributed by atoms with E-state index in [0.29, 0.717) is 6.10 Å². The lowest BCUT2D eigenvalue weighted by atomic mass is 9.92. The summed E-state index contributed by atoms with van der Waals surface area (Å²) in [6.45, 7) is 6.47. The lowest BCUT2D eigenvalue weighted by Crippen LogP contribution is -2.18. The third kappa shape index (κ3) is 4.54. The Kier molecular flexibility index (Phi) is 5.71. The maximum Gasteiger partial charge on any atom is 0.119 e. The summed E-state index contributed by atoms with van der Waals surface area (Å²) in [5, 5.41) is 3.35.